The summed E-state index contributed by atoms with van der Waals surface area (Å²) in [5.74, 6) is 0.684. The molecule has 6 nitrogen and oxygen atoms in total. The quantitative estimate of drug-likeness (QED) is 0.790. The van der Waals surface area contributed by atoms with Crippen molar-refractivity contribution in [1.82, 2.24) is 20.1 Å². The highest BCUT2D eigenvalue weighted by molar-refractivity contribution is 5.99. The van der Waals surface area contributed by atoms with Crippen molar-refractivity contribution in [2.75, 3.05) is 33.2 Å². The topological polar surface area (TPSA) is 68.4 Å². The lowest BCUT2D eigenvalue weighted by Crippen LogP contribution is -2.59. The molecule has 0 unspecified atom stereocenters. The van der Waals surface area contributed by atoms with Crippen LogP contribution in [0.4, 0.5) is 0 Å². The van der Waals surface area contributed by atoms with Gasteiger partial charge in [0, 0.05) is 42.1 Å². The maximum Gasteiger partial charge on any atom is 0.243 e. The number of fused-ring (bicyclic) bond motifs is 2. The first-order chi connectivity index (χ1) is 12.9. The molecular weight excluding hydrogens is 340 g/mol. The van der Waals surface area contributed by atoms with Crippen LogP contribution in [0, 0.1) is 5.92 Å². The SMILES string of the molecule is CN1C(=O)CN(C[C@H]2CN[C@]3(C)Cc4c[nH]c5cccc(c45)[C@H]3C2)CC1=O. The number of benzene rings is 1. The van der Waals surface area contributed by atoms with Crippen molar-refractivity contribution in [2.24, 2.45) is 5.92 Å². The smallest absolute Gasteiger partial charge is 0.243 e. The van der Waals surface area contributed by atoms with Crippen LogP contribution in [-0.4, -0.2) is 65.4 Å². The summed E-state index contributed by atoms with van der Waals surface area (Å²) >= 11 is 0. The average Bonchev–Trinajstić information content (AvgIpc) is 3.04. The minimum Gasteiger partial charge on any atom is -0.361 e. The van der Waals surface area contributed by atoms with Gasteiger partial charge < -0.3 is 10.3 Å². The maximum absolute atomic E-state index is 12.0. The van der Waals surface area contributed by atoms with Gasteiger partial charge in [-0.2, -0.15) is 0 Å². The molecule has 1 aliphatic carbocycles. The van der Waals surface area contributed by atoms with E-state index < -0.39 is 0 Å². The molecule has 2 saturated heterocycles. The minimum absolute atomic E-state index is 0.0632. The van der Waals surface area contributed by atoms with E-state index in [2.05, 4.69) is 41.6 Å². The second kappa shape index (κ2) is 5.91. The lowest BCUT2D eigenvalue weighted by Gasteiger charge is -2.49. The summed E-state index contributed by atoms with van der Waals surface area (Å²) in [5.41, 5.74) is 4.12. The number of hydrogen-bond acceptors (Lipinski definition) is 4. The minimum atomic E-state index is -0.0979. The summed E-state index contributed by atoms with van der Waals surface area (Å²) in [7, 11) is 1.58. The zero-order valence-corrected chi connectivity index (χ0v) is 15.9. The molecule has 2 fully saturated rings. The second-order valence-corrected chi connectivity index (χ2v) is 8.73. The third-order valence-corrected chi connectivity index (χ3v) is 6.87. The van der Waals surface area contributed by atoms with Crippen LogP contribution in [-0.2, 0) is 16.0 Å². The van der Waals surface area contributed by atoms with E-state index in [9.17, 15) is 9.59 Å². The highest BCUT2D eigenvalue weighted by Crippen LogP contribution is 2.47. The predicted octanol–water partition coefficient (Wildman–Crippen LogP) is 1.48. The Morgan fingerprint density at radius 3 is 2.78 bits per heavy atom. The number of hydrogen-bond donors (Lipinski definition) is 2. The van der Waals surface area contributed by atoms with Crippen molar-refractivity contribution < 1.29 is 9.59 Å². The Morgan fingerprint density at radius 2 is 2.00 bits per heavy atom. The van der Waals surface area contributed by atoms with Gasteiger partial charge in [0.1, 0.15) is 0 Å². The van der Waals surface area contributed by atoms with Crippen molar-refractivity contribution in [3.05, 3.63) is 35.5 Å². The van der Waals surface area contributed by atoms with Gasteiger partial charge in [0.15, 0.2) is 0 Å². The number of carbonyl (C=O) groups excluding carboxylic acids is 2. The Morgan fingerprint density at radius 1 is 1.22 bits per heavy atom. The lowest BCUT2D eigenvalue weighted by molar-refractivity contribution is -0.149. The molecule has 0 bridgehead atoms. The van der Waals surface area contributed by atoms with E-state index in [-0.39, 0.29) is 17.4 Å². The van der Waals surface area contributed by atoms with E-state index in [1.165, 1.54) is 26.9 Å². The van der Waals surface area contributed by atoms with Gasteiger partial charge in [-0.1, -0.05) is 12.1 Å². The van der Waals surface area contributed by atoms with Gasteiger partial charge in [-0.05, 0) is 49.4 Å². The van der Waals surface area contributed by atoms with Crippen LogP contribution in [0.15, 0.2) is 24.4 Å². The molecular formula is C21H26N4O2. The molecule has 27 heavy (non-hydrogen) atoms. The summed E-state index contributed by atoms with van der Waals surface area (Å²) in [6.45, 7) is 4.75. The standard InChI is InChI=1S/C21H26N4O2/c1-21-7-14-9-22-17-5-3-4-15(20(14)17)16(21)6-13(8-23-21)10-25-11-18(26)24(2)19(27)12-25/h3-5,9,13,16,22-23H,6-8,10-12H2,1-2H3/t13-,16-,21-/m1/s1. The van der Waals surface area contributed by atoms with E-state index in [4.69, 9.17) is 0 Å². The van der Waals surface area contributed by atoms with Crippen LogP contribution in [0.5, 0.6) is 0 Å². The Kier molecular flexibility index (Phi) is 3.71. The molecule has 5 rings (SSSR count). The van der Waals surface area contributed by atoms with Gasteiger partial charge in [0.2, 0.25) is 11.8 Å². The van der Waals surface area contributed by atoms with Crippen LogP contribution in [0.1, 0.15) is 30.4 Å². The average molecular weight is 366 g/mol. The van der Waals surface area contributed by atoms with Crippen LogP contribution in [0.2, 0.25) is 0 Å². The van der Waals surface area contributed by atoms with E-state index in [0.29, 0.717) is 24.9 Å². The highest BCUT2D eigenvalue weighted by atomic mass is 16.2. The molecule has 2 amide bonds. The molecule has 2 N–H and O–H groups in total. The number of carbonyl (C=O) groups is 2. The highest BCUT2D eigenvalue weighted by Gasteiger charge is 2.45. The molecule has 6 heteroatoms. The first-order valence-corrected chi connectivity index (χ1v) is 9.80. The Hall–Kier alpha value is -2.18. The van der Waals surface area contributed by atoms with Crippen molar-refractivity contribution in [2.45, 2.75) is 31.2 Å². The normalized spacial score (nSPS) is 31.4. The predicted molar refractivity (Wildman–Crippen MR) is 103 cm³/mol. The number of amides is 2. The van der Waals surface area contributed by atoms with E-state index in [0.717, 1.165) is 25.9 Å². The Bertz CT molecular complexity index is 917. The van der Waals surface area contributed by atoms with Gasteiger partial charge in [0.05, 0.1) is 13.1 Å². The Labute approximate surface area is 158 Å². The Balaban J connectivity index is 1.39. The van der Waals surface area contributed by atoms with Crippen LogP contribution in [0.25, 0.3) is 10.9 Å². The number of nitrogens with one attached hydrogen (secondary N) is 2. The fraction of sp³-hybridized carbons (Fsp3) is 0.524. The number of rotatable bonds is 2. The molecule has 1 aromatic heterocycles. The largest absolute Gasteiger partial charge is 0.361 e. The number of H-pyrrole nitrogens is 1. The molecule has 3 heterocycles. The van der Waals surface area contributed by atoms with Gasteiger partial charge in [-0.25, -0.2) is 0 Å². The van der Waals surface area contributed by atoms with Crippen molar-refractivity contribution in [3.8, 4) is 0 Å². The van der Waals surface area contributed by atoms with Gasteiger partial charge in [-0.15, -0.1) is 0 Å². The molecule has 2 aromatic rings. The first-order valence-electron chi connectivity index (χ1n) is 9.80. The molecule has 2 aliphatic heterocycles. The van der Waals surface area contributed by atoms with Crippen LogP contribution in [0.3, 0.4) is 0 Å². The zero-order chi connectivity index (χ0) is 18.8. The molecule has 0 radical (unpaired) electrons. The number of aromatic amines is 1. The molecule has 3 aliphatic rings. The summed E-state index contributed by atoms with van der Waals surface area (Å²) in [6.07, 6.45) is 4.28. The summed E-state index contributed by atoms with van der Waals surface area (Å²) < 4.78 is 0. The number of piperidine rings is 1. The molecule has 0 spiro atoms. The maximum atomic E-state index is 12.0. The fourth-order valence-corrected chi connectivity index (χ4v) is 5.37. The number of likely N-dealkylation sites (N-methyl/N-ethyl adjacent to an activating group) is 1. The van der Waals surface area contributed by atoms with Gasteiger partial charge in [-0.3, -0.25) is 19.4 Å². The molecule has 3 atom stereocenters. The van der Waals surface area contributed by atoms with Gasteiger partial charge in [0.25, 0.3) is 0 Å². The van der Waals surface area contributed by atoms with E-state index in [1.807, 2.05) is 4.90 Å². The summed E-state index contributed by atoms with van der Waals surface area (Å²) in [4.78, 5) is 30.7. The monoisotopic (exact) mass is 366 g/mol. The molecule has 142 valence electrons. The number of imide groups is 1. The van der Waals surface area contributed by atoms with Crippen molar-refractivity contribution in [1.29, 1.82) is 0 Å². The third-order valence-electron chi connectivity index (χ3n) is 6.87. The van der Waals surface area contributed by atoms with E-state index in [1.54, 1.807) is 7.05 Å². The number of aromatic nitrogens is 1. The lowest BCUT2D eigenvalue weighted by atomic mass is 9.65. The number of nitrogens with zero attached hydrogens (tertiary/aromatic N) is 2. The third kappa shape index (κ3) is 2.62. The second-order valence-electron chi connectivity index (χ2n) is 8.73. The van der Waals surface area contributed by atoms with Crippen molar-refractivity contribution >= 4 is 22.7 Å². The fourth-order valence-electron chi connectivity index (χ4n) is 5.37. The molecule has 1 aromatic carbocycles. The van der Waals surface area contributed by atoms with Crippen molar-refractivity contribution in [3.63, 3.8) is 0 Å². The van der Waals surface area contributed by atoms with E-state index >= 15 is 0 Å². The first kappa shape index (κ1) is 17.0. The summed E-state index contributed by atoms with van der Waals surface area (Å²) in [5, 5.41) is 5.22. The van der Waals surface area contributed by atoms with Gasteiger partial charge >= 0.3 is 0 Å². The zero-order valence-electron chi connectivity index (χ0n) is 15.9. The summed E-state index contributed by atoms with van der Waals surface area (Å²) in [6, 6.07) is 6.57. The number of piperazine rings is 1. The molecule has 0 saturated carbocycles. The van der Waals surface area contributed by atoms with Crippen LogP contribution < -0.4 is 5.32 Å². The van der Waals surface area contributed by atoms with Crippen LogP contribution >= 0.6 is 0 Å².